The summed E-state index contributed by atoms with van der Waals surface area (Å²) in [6.07, 6.45) is 8.35. The van der Waals surface area contributed by atoms with Crippen molar-refractivity contribution in [2.45, 2.75) is 51.9 Å². The summed E-state index contributed by atoms with van der Waals surface area (Å²) < 4.78 is 0. The predicted molar refractivity (Wildman–Crippen MR) is 72.0 cm³/mol. The van der Waals surface area contributed by atoms with E-state index in [1.165, 1.54) is 25.7 Å². The Morgan fingerprint density at radius 3 is 2.47 bits per heavy atom. The van der Waals surface area contributed by atoms with Gasteiger partial charge in [0.25, 0.3) is 0 Å². The molecular weight excluding hydrogens is 212 g/mol. The number of carbonyl (C=O) groups excluding carboxylic acids is 1. The Morgan fingerprint density at radius 2 is 1.82 bits per heavy atom. The van der Waals surface area contributed by atoms with Gasteiger partial charge in [0.1, 0.15) is 0 Å². The van der Waals surface area contributed by atoms with E-state index in [0.717, 1.165) is 38.9 Å². The first-order valence-corrected chi connectivity index (χ1v) is 7.20. The van der Waals surface area contributed by atoms with Gasteiger partial charge in [-0.1, -0.05) is 32.6 Å². The van der Waals surface area contributed by atoms with Crippen LogP contribution in [-0.4, -0.2) is 37.5 Å². The van der Waals surface area contributed by atoms with Crippen LogP contribution in [-0.2, 0) is 4.79 Å². The molecule has 1 heterocycles. The molecule has 1 aliphatic heterocycles. The number of rotatable bonds is 7. The number of piperidine rings is 1. The van der Waals surface area contributed by atoms with Crippen LogP contribution in [0, 0.1) is 5.92 Å². The molecule has 3 heteroatoms. The summed E-state index contributed by atoms with van der Waals surface area (Å²) in [6, 6.07) is 0. The number of carbonyl (C=O) groups is 1. The normalized spacial score (nSPS) is 18.2. The average Bonchev–Trinajstić information content (AvgIpc) is 2.34. The fourth-order valence-corrected chi connectivity index (χ4v) is 2.36. The summed E-state index contributed by atoms with van der Waals surface area (Å²) in [7, 11) is 2.13. The molecule has 1 saturated heterocycles. The summed E-state index contributed by atoms with van der Waals surface area (Å²) >= 11 is 0. The van der Waals surface area contributed by atoms with Crippen molar-refractivity contribution in [3.8, 4) is 0 Å². The fourth-order valence-electron chi connectivity index (χ4n) is 2.36. The second-order valence-corrected chi connectivity index (χ2v) is 5.28. The first-order chi connectivity index (χ1) is 8.24. The van der Waals surface area contributed by atoms with E-state index in [0.29, 0.717) is 0 Å². The van der Waals surface area contributed by atoms with Crippen LogP contribution in [0.15, 0.2) is 0 Å². The molecule has 1 aliphatic rings. The molecule has 100 valence electrons. The monoisotopic (exact) mass is 240 g/mol. The lowest BCUT2D eigenvalue weighted by atomic mass is 9.96. The highest BCUT2D eigenvalue weighted by Crippen LogP contribution is 2.15. The zero-order valence-electron chi connectivity index (χ0n) is 11.5. The third-order valence-corrected chi connectivity index (χ3v) is 3.67. The van der Waals surface area contributed by atoms with Gasteiger partial charge < -0.3 is 10.2 Å². The lowest BCUT2D eigenvalue weighted by Crippen LogP contribution is -2.39. The summed E-state index contributed by atoms with van der Waals surface area (Å²) in [4.78, 5) is 14.2. The van der Waals surface area contributed by atoms with Crippen LogP contribution in [0.3, 0.4) is 0 Å². The Hall–Kier alpha value is -0.570. The molecule has 1 fully saturated rings. The van der Waals surface area contributed by atoms with Crippen LogP contribution in [0.25, 0.3) is 0 Å². The predicted octanol–water partition coefficient (Wildman–Crippen LogP) is 2.41. The van der Waals surface area contributed by atoms with Crippen molar-refractivity contribution in [2.24, 2.45) is 5.92 Å². The number of hydrogen-bond donors (Lipinski definition) is 1. The van der Waals surface area contributed by atoms with E-state index in [4.69, 9.17) is 0 Å². The van der Waals surface area contributed by atoms with Crippen LogP contribution >= 0.6 is 0 Å². The lowest BCUT2D eigenvalue weighted by molar-refractivity contribution is -0.126. The third-order valence-electron chi connectivity index (χ3n) is 3.67. The molecule has 0 aromatic rings. The van der Waals surface area contributed by atoms with Gasteiger partial charge in [-0.2, -0.15) is 0 Å². The molecule has 1 amide bonds. The van der Waals surface area contributed by atoms with Crippen molar-refractivity contribution in [3.63, 3.8) is 0 Å². The highest BCUT2D eigenvalue weighted by atomic mass is 16.1. The van der Waals surface area contributed by atoms with E-state index in [1.54, 1.807) is 0 Å². The molecule has 0 aromatic heterocycles. The van der Waals surface area contributed by atoms with E-state index in [9.17, 15) is 4.79 Å². The Morgan fingerprint density at radius 1 is 1.18 bits per heavy atom. The third kappa shape index (κ3) is 6.06. The SMILES string of the molecule is CCCCCCCNC(=O)C1CCN(C)CC1. The molecule has 0 spiro atoms. The minimum Gasteiger partial charge on any atom is -0.356 e. The number of nitrogens with zero attached hydrogens (tertiary/aromatic N) is 1. The van der Waals surface area contributed by atoms with Gasteiger partial charge in [-0.25, -0.2) is 0 Å². The standard InChI is InChI=1S/C14H28N2O/c1-3-4-5-6-7-10-15-14(17)13-8-11-16(2)12-9-13/h13H,3-12H2,1-2H3,(H,15,17). The minimum atomic E-state index is 0.266. The van der Waals surface area contributed by atoms with E-state index in [2.05, 4.69) is 24.2 Å². The quantitative estimate of drug-likeness (QED) is 0.693. The number of hydrogen-bond acceptors (Lipinski definition) is 2. The maximum atomic E-state index is 11.9. The molecule has 1 N–H and O–H groups in total. The number of unbranched alkanes of at least 4 members (excludes halogenated alkanes) is 4. The molecule has 0 saturated carbocycles. The molecule has 0 unspecified atom stereocenters. The second kappa shape index (κ2) is 8.51. The van der Waals surface area contributed by atoms with Crippen molar-refractivity contribution < 1.29 is 4.79 Å². The molecule has 0 aliphatic carbocycles. The Bertz CT molecular complexity index is 210. The number of likely N-dealkylation sites (tertiary alicyclic amines) is 1. The first-order valence-electron chi connectivity index (χ1n) is 7.20. The maximum Gasteiger partial charge on any atom is 0.223 e. The average molecular weight is 240 g/mol. The van der Waals surface area contributed by atoms with Crippen LogP contribution in [0.5, 0.6) is 0 Å². The van der Waals surface area contributed by atoms with E-state index in [-0.39, 0.29) is 11.8 Å². The van der Waals surface area contributed by atoms with Crippen molar-refractivity contribution in [2.75, 3.05) is 26.7 Å². The molecule has 3 nitrogen and oxygen atoms in total. The van der Waals surface area contributed by atoms with E-state index in [1.807, 2.05) is 0 Å². The summed E-state index contributed by atoms with van der Waals surface area (Å²) in [6.45, 7) is 5.22. The molecule has 0 bridgehead atoms. The lowest BCUT2D eigenvalue weighted by Gasteiger charge is -2.28. The van der Waals surface area contributed by atoms with Gasteiger partial charge in [-0.3, -0.25) is 4.79 Å². The fraction of sp³-hybridized carbons (Fsp3) is 0.929. The Balaban J connectivity index is 2.01. The number of nitrogens with one attached hydrogen (secondary N) is 1. The summed E-state index contributed by atoms with van der Waals surface area (Å²) in [5.41, 5.74) is 0. The highest BCUT2D eigenvalue weighted by Gasteiger charge is 2.22. The summed E-state index contributed by atoms with van der Waals surface area (Å²) in [5.74, 6) is 0.551. The van der Waals surface area contributed by atoms with E-state index < -0.39 is 0 Å². The van der Waals surface area contributed by atoms with E-state index >= 15 is 0 Å². The van der Waals surface area contributed by atoms with Crippen molar-refractivity contribution in [3.05, 3.63) is 0 Å². The highest BCUT2D eigenvalue weighted by molar-refractivity contribution is 5.78. The summed E-state index contributed by atoms with van der Waals surface area (Å²) in [5, 5.41) is 3.09. The van der Waals surface area contributed by atoms with Crippen LogP contribution in [0.4, 0.5) is 0 Å². The molecule has 17 heavy (non-hydrogen) atoms. The topological polar surface area (TPSA) is 32.3 Å². The molecular formula is C14H28N2O. The molecule has 1 rings (SSSR count). The smallest absolute Gasteiger partial charge is 0.223 e. The zero-order valence-corrected chi connectivity index (χ0v) is 11.5. The van der Waals surface area contributed by atoms with Crippen molar-refractivity contribution in [1.29, 1.82) is 0 Å². The first kappa shape index (κ1) is 14.5. The molecule has 0 aromatic carbocycles. The van der Waals surface area contributed by atoms with Gasteiger partial charge in [-0.05, 0) is 39.4 Å². The van der Waals surface area contributed by atoms with Crippen molar-refractivity contribution >= 4 is 5.91 Å². The second-order valence-electron chi connectivity index (χ2n) is 5.28. The minimum absolute atomic E-state index is 0.266. The maximum absolute atomic E-state index is 11.9. The zero-order chi connectivity index (χ0) is 12.5. The van der Waals surface area contributed by atoms with Crippen LogP contribution in [0.2, 0.25) is 0 Å². The molecule has 0 atom stereocenters. The van der Waals surface area contributed by atoms with Crippen molar-refractivity contribution in [1.82, 2.24) is 10.2 Å². The van der Waals surface area contributed by atoms with Gasteiger partial charge >= 0.3 is 0 Å². The molecule has 0 radical (unpaired) electrons. The largest absolute Gasteiger partial charge is 0.356 e. The number of amides is 1. The van der Waals surface area contributed by atoms with Gasteiger partial charge in [0, 0.05) is 12.5 Å². The van der Waals surface area contributed by atoms with Crippen LogP contribution < -0.4 is 5.32 Å². The Labute approximate surface area is 106 Å². The Kier molecular flexibility index (Phi) is 7.25. The van der Waals surface area contributed by atoms with Gasteiger partial charge in [-0.15, -0.1) is 0 Å². The van der Waals surface area contributed by atoms with Crippen LogP contribution in [0.1, 0.15) is 51.9 Å². The van der Waals surface area contributed by atoms with Gasteiger partial charge in [0.15, 0.2) is 0 Å². The van der Waals surface area contributed by atoms with Gasteiger partial charge in [0.2, 0.25) is 5.91 Å². The van der Waals surface area contributed by atoms with Gasteiger partial charge in [0.05, 0.1) is 0 Å².